The molecule has 0 spiro atoms. The first-order valence-corrected chi connectivity index (χ1v) is 14.6. The molecule has 3 N–H and O–H groups in total. The molecule has 2 aromatic heterocycles. The van der Waals surface area contributed by atoms with Gasteiger partial charge in [0.1, 0.15) is 11.6 Å². The second-order valence-corrected chi connectivity index (χ2v) is 11.7. The van der Waals surface area contributed by atoms with Gasteiger partial charge in [0.05, 0.1) is 11.9 Å². The average Bonchev–Trinajstić information content (AvgIpc) is 2.93. The second kappa shape index (κ2) is 13.2. The van der Waals surface area contributed by atoms with Crippen LogP contribution in [-0.2, 0) is 11.3 Å². The van der Waals surface area contributed by atoms with Crippen molar-refractivity contribution in [2.45, 2.75) is 45.2 Å². The molecule has 2 aliphatic heterocycles. The highest BCUT2D eigenvalue weighted by atomic mass is 35.5. The van der Waals surface area contributed by atoms with E-state index >= 15 is 0 Å². The van der Waals surface area contributed by atoms with Crippen LogP contribution < -0.4 is 20.7 Å². The lowest BCUT2D eigenvalue weighted by Gasteiger charge is -2.32. The molecule has 0 atom stereocenters. The van der Waals surface area contributed by atoms with Gasteiger partial charge in [-0.15, -0.1) is 0 Å². The monoisotopic (exact) mass is 582 g/mol. The standard InChI is InChI=1S/C30H36Cl2N6O2/c1-20(39)34-17-21-4-8-37(9-5-21)19-22-12-28(23-14-24(31)16-25(32)15-23)36-30(13-22)40-27-2-3-29(35-18-27)38-10-6-26(33)7-11-38/h2-3,12-16,18,21,26H,4-11,17,19,33H2,1H3,(H,34,39). The van der Waals surface area contributed by atoms with E-state index < -0.39 is 0 Å². The van der Waals surface area contributed by atoms with Crippen molar-refractivity contribution in [3.8, 4) is 22.9 Å². The molecule has 2 aliphatic rings. The van der Waals surface area contributed by atoms with Crippen molar-refractivity contribution in [3.63, 3.8) is 0 Å². The van der Waals surface area contributed by atoms with Crippen molar-refractivity contribution in [1.82, 2.24) is 20.2 Å². The third-order valence-corrected chi connectivity index (χ3v) is 8.02. The van der Waals surface area contributed by atoms with E-state index in [1.165, 1.54) is 0 Å². The Hall–Kier alpha value is -2.91. The van der Waals surface area contributed by atoms with Crippen LogP contribution in [0.4, 0.5) is 5.82 Å². The third kappa shape index (κ3) is 7.85. The molecule has 0 bridgehead atoms. The number of halogens is 2. The number of rotatable bonds is 8. The van der Waals surface area contributed by atoms with E-state index in [2.05, 4.69) is 26.2 Å². The lowest BCUT2D eigenvalue weighted by molar-refractivity contribution is -0.119. The highest BCUT2D eigenvalue weighted by Crippen LogP contribution is 2.31. The third-order valence-electron chi connectivity index (χ3n) is 7.58. The van der Waals surface area contributed by atoms with Crippen LogP contribution in [0.5, 0.6) is 11.6 Å². The molecule has 2 fully saturated rings. The number of anilines is 1. The highest BCUT2D eigenvalue weighted by Gasteiger charge is 2.21. The maximum Gasteiger partial charge on any atom is 0.220 e. The number of carbonyl (C=O) groups is 1. The molecule has 0 radical (unpaired) electrons. The van der Waals surface area contributed by atoms with Gasteiger partial charge in [0.2, 0.25) is 11.8 Å². The minimum Gasteiger partial charge on any atom is -0.437 e. The molecule has 0 aliphatic carbocycles. The molecule has 10 heteroatoms. The number of piperidine rings is 2. The highest BCUT2D eigenvalue weighted by molar-refractivity contribution is 6.35. The Kier molecular flexibility index (Phi) is 9.42. The van der Waals surface area contributed by atoms with Crippen molar-refractivity contribution < 1.29 is 9.53 Å². The van der Waals surface area contributed by atoms with Crippen LogP contribution in [0.3, 0.4) is 0 Å². The number of carbonyl (C=O) groups excluding carboxylic acids is 1. The quantitative estimate of drug-likeness (QED) is 0.361. The number of ether oxygens (including phenoxy) is 1. The molecule has 212 valence electrons. The van der Waals surface area contributed by atoms with Crippen molar-refractivity contribution in [1.29, 1.82) is 0 Å². The molecular formula is C30H36Cl2N6O2. The lowest BCUT2D eigenvalue weighted by atomic mass is 9.96. The van der Waals surface area contributed by atoms with Crippen molar-refractivity contribution in [3.05, 3.63) is 64.3 Å². The van der Waals surface area contributed by atoms with E-state index in [0.717, 1.165) is 87.6 Å². The summed E-state index contributed by atoms with van der Waals surface area (Å²) in [7, 11) is 0. The van der Waals surface area contributed by atoms with E-state index in [4.69, 9.17) is 38.7 Å². The Balaban J connectivity index is 1.32. The molecule has 8 nitrogen and oxygen atoms in total. The summed E-state index contributed by atoms with van der Waals surface area (Å²) in [4.78, 5) is 25.4. The van der Waals surface area contributed by atoms with Gasteiger partial charge in [0.25, 0.3) is 0 Å². The van der Waals surface area contributed by atoms with Crippen molar-refractivity contribution in [2.24, 2.45) is 11.7 Å². The fourth-order valence-electron chi connectivity index (χ4n) is 5.32. The first-order valence-electron chi connectivity index (χ1n) is 13.9. The van der Waals surface area contributed by atoms with E-state index in [-0.39, 0.29) is 11.9 Å². The van der Waals surface area contributed by atoms with E-state index in [0.29, 0.717) is 27.6 Å². The molecule has 4 heterocycles. The normalized spacial score (nSPS) is 17.1. The van der Waals surface area contributed by atoms with Crippen molar-refractivity contribution >= 4 is 34.9 Å². The predicted octanol–water partition coefficient (Wildman–Crippen LogP) is 5.52. The zero-order valence-electron chi connectivity index (χ0n) is 22.8. The Morgan fingerprint density at radius 3 is 2.40 bits per heavy atom. The number of amides is 1. The van der Waals surface area contributed by atoms with Crippen molar-refractivity contribution in [2.75, 3.05) is 37.6 Å². The number of nitrogens with zero attached hydrogens (tertiary/aromatic N) is 4. The summed E-state index contributed by atoms with van der Waals surface area (Å²) in [6.45, 7) is 6.83. The number of likely N-dealkylation sites (tertiary alicyclic amines) is 1. The van der Waals surface area contributed by atoms with E-state index in [9.17, 15) is 4.79 Å². The topological polar surface area (TPSA) is 96.6 Å². The predicted molar refractivity (Wildman–Crippen MR) is 160 cm³/mol. The number of pyridine rings is 2. The maximum atomic E-state index is 11.3. The zero-order valence-corrected chi connectivity index (χ0v) is 24.3. The summed E-state index contributed by atoms with van der Waals surface area (Å²) in [6, 6.07) is 13.7. The van der Waals surface area contributed by atoms with E-state index in [1.54, 1.807) is 19.2 Å². The molecule has 1 amide bonds. The number of hydrogen-bond acceptors (Lipinski definition) is 7. The first kappa shape index (κ1) is 28.6. The molecule has 3 aromatic rings. The van der Waals surface area contributed by atoms with Gasteiger partial charge >= 0.3 is 0 Å². The summed E-state index contributed by atoms with van der Waals surface area (Å²) in [5.41, 5.74) is 8.71. The minimum atomic E-state index is 0.0291. The van der Waals surface area contributed by atoms with Crippen LogP contribution in [0, 0.1) is 5.92 Å². The lowest BCUT2D eigenvalue weighted by Crippen LogP contribution is -2.40. The Bertz CT molecular complexity index is 1290. The number of nitrogens with two attached hydrogens (primary N) is 1. The zero-order chi connectivity index (χ0) is 28.1. The second-order valence-electron chi connectivity index (χ2n) is 10.8. The van der Waals surface area contributed by atoms with Gasteiger partial charge in [0, 0.05) is 60.8 Å². The van der Waals surface area contributed by atoms with Gasteiger partial charge in [-0.05, 0) is 86.7 Å². The number of benzene rings is 1. The van der Waals surface area contributed by atoms with Crippen LogP contribution in [0.1, 0.15) is 38.2 Å². The average molecular weight is 584 g/mol. The Labute approximate surface area is 245 Å². The number of aromatic nitrogens is 2. The van der Waals surface area contributed by atoms with Gasteiger partial charge < -0.3 is 20.7 Å². The maximum absolute atomic E-state index is 11.3. The van der Waals surface area contributed by atoms with Gasteiger partial charge in [-0.3, -0.25) is 9.69 Å². The molecule has 40 heavy (non-hydrogen) atoms. The first-order chi connectivity index (χ1) is 19.3. The molecule has 2 saturated heterocycles. The molecule has 0 unspecified atom stereocenters. The summed E-state index contributed by atoms with van der Waals surface area (Å²) in [5.74, 6) is 2.58. The fourth-order valence-corrected chi connectivity index (χ4v) is 5.84. The van der Waals surface area contributed by atoms with Gasteiger partial charge in [-0.25, -0.2) is 9.97 Å². The van der Waals surface area contributed by atoms with Crippen LogP contribution in [0.15, 0.2) is 48.7 Å². The molecule has 1 aromatic carbocycles. The van der Waals surface area contributed by atoms with Crippen LogP contribution in [-0.4, -0.2) is 59.5 Å². The fraction of sp³-hybridized carbons (Fsp3) is 0.433. The Morgan fingerprint density at radius 2 is 1.75 bits per heavy atom. The smallest absolute Gasteiger partial charge is 0.220 e. The van der Waals surface area contributed by atoms with Gasteiger partial charge in [0.15, 0.2) is 0 Å². The minimum absolute atomic E-state index is 0.0291. The summed E-state index contributed by atoms with van der Waals surface area (Å²) < 4.78 is 6.22. The Morgan fingerprint density at radius 1 is 1.02 bits per heavy atom. The van der Waals surface area contributed by atoms with Crippen LogP contribution in [0.25, 0.3) is 11.3 Å². The van der Waals surface area contributed by atoms with Crippen LogP contribution >= 0.6 is 23.2 Å². The summed E-state index contributed by atoms with van der Waals surface area (Å²) >= 11 is 12.6. The number of nitrogens with one attached hydrogen (secondary N) is 1. The SMILES string of the molecule is CC(=O)NCC1CCN(Cc2cc(Oc3ccc(N4CCC(N)CC4)nc3)nc(-c3cc(Cl)cc(Cl)c3)c2)CC1. The largest absolute Gasteiger partial charge is 0.437 e. The van der Waals surface area contributed by atoms with Gasteiger partial charge in [-0.1, -0.05) is 23.2 Å². The van der Waals surface area contributed by atoms with Gasteiger partial charge in [-0.2, -0.15) is 0 Å². The number of hydrogen-bond donors (Lipinski definition) is 2. The molecular weight excluding hydrogens is 547 g/mol. The summed E-state index contributed by atoms with van der Waals surface area (Å²) in [5, 5.41) is 4.06. The molecule has 5 rings (SSSR count). The van der Waals surface area contributed by atoms with E-state index in [1.807, 2.05) is 30.3 Å². The molecule has 0 saturated carbocycles. The summed E-state index contributed by atoms with van der Waals surface area (Å²) in [6.07, 6.45) is 5.78. The van der Waals surface area contributed by atoms with Crippen LogP contribution in [0.2, 0.25) is 10.0 Å².